The topological polar surface area (TPSA) is 86.5 Å². The maximum Gasteiger partial charge on any atom is 0.275 e. The number of aromatic nitrogens is 1. The molecule has 3 N–H and O–H groups in total. The minimum Gasteiger partial charge on any atom is -0.490 e. The number of carbonyl (C=O) groups is 1. The first-order chi connectivity index (χ1) is 11.7. The summed E-state index contributed by atoms with van der Waals surface area (Å²) in [5.41, 5.74) is 7.62. The minimum atomic E-state index is -0.233. The SMILES string of the molecule is Cc1cc(NC(=O)c2csc(CN)n2)ccc1OC1CCOCC1. The monoisotopic (exact) mass is 347 g/mol. The van der Waals surface area contributed by atoms with Gasteiger partial charge in [-0.3, -0.25) is 4.79 Å². The standard InChI is InChI=1S/C17H21N3O3S/c1-11-8-12(19-17(21)14-10-24-16(9-18)20-14)2-3-15(11)23-13-4-6-22-7-5-13/h2-3,8,10,13H,4-7,9,18H2,1H3,(H,19,21). The molecular weight excluding hydrogens is 326 g/mol. The van der Waals surface area contributed by atoms with Gasteiger partial charge in [0.1, 0.15) is 22.6 Å². The number of rotatable bonds is 5. The lowest BCUT2D eigenvalue weighted by atomic mass is 10.1. The fourth-order valence-electron chi connectivity index (χ4n) is 2.54. The normalized spacial score (nSPS) is 15.2. The number of ether oxygens (including phenoxy) is 2. The second-order valence-electron chi connectivity index (χ2n) is 5.69. The van der Waals surface area contributed by atoms with Gasteiger partial charge in [0.15, 0.2) is 0 Å². The first kappa shape index (κ1) is 16.9. The highest BCUT2D eigenvalue weighted by molar-refractivity contribution is 7.09. The number of nitrogens with two attached hydrogens (primary N) is 1. The van der Waals surface area contributed by atoms with Crippen molar-refractivity contribution in [3.8, 4) is 5.75 Å². The summed E-state index contributed by atoms with van der Waals surface area (Å²) in [5, 5.41) is 5.32. The largest absolute Gasteiger partial charge is 0.490 e. The molecule has 1 fully saturated rings. The Morgan fingerprint density at radius 3 is 2.92 bits per heavy atom. The van der Waals surface area contributed by atoms with Gasteiger partial charge in [0.25, 0.3) is 5.91 Å². The maximum atomic E-state index is 12.2. The van der Waals surface area contributed by atoms with Crippen LogP contribution in [-0.2, 0) is 11.3 Å². The van der Waals surface area contributed by atoms with E-state index in [1.54, 1.807) is 5.38 Å². The molecule has 128 valence electrons. The summed E-state index contributed by atoms with van der Waals surface area (Å²) >= 11 is 1.39. The summed E-state index contributed by atoms with van der Waals surface area (Å²) in [6, 6.07) is 5.64. The van der Waals surface area contributed by atoms with Crippen molar-refractivity contribution in [2.75, 3.05) is 18.5 Å². The minimum absolute atomic E-state index is 0.197. The number of amides is 1. The Bertz CT molecular complexity index is 711. The summed E-state index contributed by atoms with van der Waals surface area (Å²) in [5.74, 6) is 0.613. The molecule has 1 aliphatic heterocycles. The highest BCUT2D eigenvalue weighted by Gasteiger charge is 2.17. The van der Waals surface area contributed by atoms with Crippen LogP contribution in [0, 0.1) is 6.92 Å². The number of hydrogen-bond donors (Lipinski definition) is 2. The smallest absolute Gasteiger partial charge is 0.275 e. The molecule has 6 nitrogen and oxygen atoms in total. The Morgan fingerprint density at radius 2 is 2.25 bits per heavy atom. The van der Waals surface area contributed by atoms with Crippen molar-refractivity contribution in [3.63, 3.8) is 0 Å². The molecule has 0 saturated carbocycles. The molecule has 3 rings (SSSR count). The van der Waals surface area contributed by atoms with Gasteiger partial charge in [-0.15, -0.1) is 11.3 Å². The average molecular weight is 347 g/mol. The molecule has 2 heterocycles. The van der Waals surface area contributed by atoms with E-state index in [1.165, 1.54) is 11.3 Å². The highest BCUT2D eigenvalue weighted by Crippen LogP contribution is 2.25. The van der Waals surface area contributed by atoms with Crippen LogP contribution in [-0.4, -0.2) is 30.2 Å². The molecule has 2 aromatic rings. The molecule has 1 amide bonds. The fraction of sp³-hybridized carbons (Fsp3) is 0.412. The predicted molar refractivity (Wildman–Crippen MR) is 93.6 cm³/mol. The molecule has 1 saturated heterocycles. The summed E-state index contributed by atoms with van der Waals surface area (Å²) in [6.45, 7) is 3.81. The average Bonchev–Trinajstić information content (AvgIpc) is 3.08. The van der Waals surface area contributed by atoms with E-state index >= 15 is 0 Å². The van der Waals surface area contributed by atoms with E-state index in [0.717, 1.165) is 48.1 Å². The van der Waals surface area contributed by atoms with E-state index in [2.05, 4.69) is 10.3 Å². The van der Waals surface area contributed by atoms with Crippen LogP contribution in [0.3, 0.4) is 0 Å². The zero-order chi connectivity index (χ0) is 16.9. The fourth-order valence-corrected chi connectivity index (χ4v) is 3.19. The Kier molecular flexibility index (Phi) is 5.44. The number of nitrogens with zero attached hydrogens (tertiary/aromatic N) is 1. The third-order valence-electron chi connectivity index (χ3n) is 3.85. The molecule has 24 heavy (non-hydrogen) atoms. The first-order valence-corrected chi connectivity index (χ1v) is 8.84. The molecule has 0 spiro atoms. The summed E-state index contributed by atoms with van der Waals surface area (Å²) in [7, 11) is 0. The van der Waals surface area contributed by atoms with Gasteiger partial charge >= 0.3 is 0 Å². The van der Waals surface area contributed by atoms with E-state index in [9.17, 15) is 4.79 Å². The molecule has 1 aromatic carbocycles. The van der Waals surface area contributed by atoms with Gasteiger partial charge in [0.05, 0.1) is 13.2 Å². The summed E-state index contributed by atoms with van der Waals surface area (Å²) < 4.78 is 11.4. The van der Waals surface area contributed by atoms with Crippen LogP contribution in [0.15, 0.2) is 23.6 Å². The molecule has 1 aromatic heterocycles. The lowest BCUT2D eigenvalue weighted by Crippen LogP contribution is -2.26. The van der Waals surface area contributed by atoms with E-state index < -0.39 is 0 Å². The Labute approximate surface area is 145 Å². The highest BCUT2D eigenvalue weighted by atomic mass is 32.1. The van der Waals surface area contributed by atoms with Gasteiger partial charge in [0.2, 0.25) is 0 Å². The second-order valence-corrected chi connectivity index (χ2v) is 6.64. The Balaban J connectivity index is 1.64. The predicted octanol–water partition coefficient (Wildman–Crippen LogP) is 2.72. The van der Waals surface area contributed by atoms with Gasteiger partial charge in [-0.1, -0.05) is 0 Å². The lowest BCUT2D eigenvalue weighted by molar-refractivity contribution is 0.0253. The molecule has 7 heteroatoms. The van der Waals surface area contributed by atoms with Gasteiger partial charge in [-0.25, -0.2) is 4.98 Å². The van der Waals surface area contributed by atoms with Crippen LogP contribution < -0.4 is 15.8 Å². The molecule has 1 aliphatic rings. The molecule has 0 radical (unpaired) electrons. The van der Waals surface area contributed by atoms with Crippen molar-refractivity contribution < 1.29 is 14.3 Å². The van der Waals surface area contributed by atoms with Gasteiger partial charge in [-0.05, 0) is 30.7 Å². The number of thiazole rings is 1. The maximum absolute atomic E-state index is 12.2. The zero-order valence-corrected chi connectivity index (χ0v) is 14.4. The van der Waals surface area contributed by atoms with Crippen molar-refractivity contribution in [2.24, 2.45) is 5.73 Å². The molecule has 0 aliphatic carbocycles. The van der Waals surface area contributed by atoms with Gasteiger partial charge in [0, 0.05) is 30.5 Å². The van der Waals surface area contributed by atoms with Crippen LogP contribution in [0.2, 0.25) is 0 Å². The van der Waals surface area contributed by atoms with E-state index in [-0.39, 0.29) is 12.0 Å². The molecular formula is C17H21N3O3S. The summed E-state index contributed by atoms with van der Waals surface area (Å²) in [6.07, 6.45) is 2.01. The van der Waals surface area contributed by atoms with Gasteiger partial charge in [-0.2, -0.15) is 0 Å². The van der Waals surface area contributed by atoms with Crippen LogP contribution >= 0.6 is 11.3 Å². The number of nitrogens with one attached hydrogen (secondary N) is 1. The van der Waals surface area contributed by atoms with Crippen molar-refractivity contribution in [3.05, 3.63) is 39.8 Å². The number of aryl methyl sites for hydroxylation is 1. The van der Waals surface area contributed by atoms with Crippen molar-refractivity contribution in [1.29, 1.82) is 0 Å². The van der Waals surface area contributed by atoms with Crippen molar-refractivity contribution in [2.45, 2.75) is 32.4 Å². The number of hydrogen-bond acceptors (Lipinski definition) is 6. The third-order valence-corrected chi connectivity index (χ3v) is 4.72. The molecule has 0 unspecified atom stereocenters. The van der Waals surface area contributed by atoms with E-state index in [1.807, 2.05) is 25.1 Å². The van der Waals surface area contributed by atoms with Crippen LogP contribution in [0.4, 0.5) is 5.69 Å². The lowest BCUT2D eigenvalue weighted by Gasteiger charge is -2.24. The second kappa shape index (κ2) is 7.74. The van der Waals surface area contributed by atoms with Gasteiger partial charge < -0.3 is 20.5 Å². The van der Waals surface area contributed by atoms with Crippen LogP contribution in [0.1, 0.15) is 33.9 Å². The van der Waals surface area contributed by atoms with E-state index in [4.69, 9.17) is 15.2 Å². The van der Waals surface area contributed by atoms with Crippen LogP contribution in [0.25, 0.3) is 0 Å². The zero-order valence-electron chi connectivity index (χ0n) is 13.6. The van der Waals surface area contributed by atoms with Crippen molar-refractivity contribution >= 4 is 22.9 Å². The quantitative estimate of drug-likeness (QED) is 0.868. The number of benzene rings is 1. The Morgan fingerprint density at radius 1 is 1.46 bits per heavy atom. The van der Waals surface area contributed by atoms with Crippen LogP contribution in [0.5, 0.6) is 5.75 Å². The number of carbonyl (C=O) groups excluding carboxylic acids is 1. The molecule has 0 atom stereocenters. The Hall–Kier alpha value is -1.96. The summed E-state index contributed by atoms with van der Waals surface area (Å²) in [4.78, 5) is 16.4. The number of anilines is 1. The van der Waals surface area contributed by atoms with E-state index in [0.29, 0.717) is 12.2 Å². The molecule has 0 bridgehead atoms. The van der Waals surface area contributed by atoms with Crippen molar-refractivity contribution in [1.82, 2.24) is 4.98 Å². The third kappa shape index (κ3) is 4.11. The first-order valence-electron chi connectivity index (χ1n) is 7.96.